The molecule has 1 aromatic rings. The Bertz CT molecular complexity index is 311. The van der Waals surface area contributed by atoms with Gasteiger partial charge in [0.1, 0.15) is 0 Å². The van der Waals surface area contributed by atoms with E-state index >= 15 is 0 Å². The van der Waals surface area contributed by atoms with Crippen LogP contribution in [0.15, 0.2) is 6.20 Å². The first-order valence-electron chi connectivity index (χ1n) is 6.71. The highest BCUT2D eigenvalue weighted by Crippen LogP contribution is 2.21. The van der Waals surface area contributed by atoms with Crippen LogP contribution in [-0.4, -0.2) is 36.6 Å². The topological polar surface area (TPSA) is 28.2 Å². The number of thioether (sulfide) groups is 1. The molecule has 1 heterocycles. The molecule has 0 aliphatic rings. The Balaban J connectivity index is 2.23. The van der Waals surface area contributed by atoms with E-state index in [0.717, 1.165) is 31.3 Å². The van der Waals surface area contributed by atoms with Gasteiger partial charge in [0.15, 0.2) is 5.13 Å². The highest BCUT2D eigenvalue weighted by atomic mass is 32.2. The zero-order valence-electron chi connectivity index (χ0n) is 11.7. The Labute approximate surface area is 119 Å². The lowest BCUT2D eigenvalue weighted by Gasteiger charge is -2.16. The molecular weight excluding hydrogens is 262 g/mol. The van der Waals surface area contributed by atoms with Gasteiger partial charge in [0.2, 0.25) is 0 Å². The van der Waals surface area contributed by atoms with Crippen molar-refractivity contribution in [3.05, 3.63) is 11.1 Å². The van der Waals surface area contributed by atoms with Crippen LogP contribution in [0.3, 0.4) is 0 Å². The van der Waals surface area contributed by atoms with Gasteiger partial charge < -0.3 is 10.2 Å². The molecule has 1 N–H and O–H groups in total. The fourth-order valence-electron chi connectivity index (χ4n) is 1.73. The van der Waals surface area contributed by atoms with Gasteiger partial charge in [-0.3, -0.25) is 0 Å². The van der Waals surface area contributed by atoms with Crippen LogP contribution in [0.4, 0.5) is 5.13 Å². The van der Waals surface area contributed by atoms with Crippen molar-refractivity contribution in [1.82, 2.24) is 10.3 Å². The van der Waals surface area contributed by atoms with E-state index in [2.05, 4.69) is 35.3 Å². The molecule has 0 radical (unpaired) electrons. The summed E-state index contributed by atoms with van der Waals surface area (Å²) in [5, 5.41) is 4.64. The Kier molecular flexibility index (Phi) is 8.46. The van der Waals surface area contributed by atoms with Gasteiger partial charge in [-0.2, -0.15) is 11.8 Å². The molecule has 1 aromatic heterocycles. The van der Waals surface area contributed by atoms with E-state index in [1.807, 2.05) is 18.0 Å². The summed E-state index contributed by atoms with van der Waals surface area (Å²) in [5.41, 5.74) is 0. The van der Waals surface area contributed by atoms with Crippen LogP contribution in [0.5, 0.6) is 0 Å². The van der Waals surface area contributed by atoms with E-state index in [1.54, 1.807) is 11.3 Å². The number of unbranched alkanes of at least 4 members (excludes halogenated alkanes) is 1. The van der Waals surface area contributed by atoms with Crippen LogP contribution in [0.25, 0.3) is 0 Å². The Morgan fingerprint density at radius 3 is 2.78 bits per heavy atom. The van der Waals surface area contributed by atoms with Crippen LogP contribution < -0.4 is 10.2 Å². The lowest BCUT2D eigenvalue weighted by atomic mass is 10.3. The average molecular weight is 287 g/mol. The Hall–Kier alpha value is -0.260. The average Bonchev–Trinajstić information content (AvgIpc) is 2.84. The smallest absolute Gasteiger partial charge is 0.185 e. The predicted octanol–water partition coefficient (Wildman–Crippen LogP) is 3.22. The maximum atomic E-state index is 4.49. The number of anilines is 1. The molecule has 0 fully saturated rings. The van der Waals surface area contributed by atoms with Crippen molar-refractivity contribution in [2.24, 2.45) is 0 Å². The summed E-state index contributed by atoms with van der Waals surface area (Å²) in [4.78, 5) is 8.12. The second-order valence-corrected chi connectivity index (χ2v) is 6.24. The van der Waals surface area contributed by atoms with Crippen LogP contribution in [-0.2, 0) is 6.54 Å². The molecule has 0 atom stereocenters. The van der Waals surface area contributed by atoms with Crippen LogP contribution in [0, 0.1) is 0 Å². The third-order valence-corrected chi connectivity index (χ3v) is 4.58. The number of aromatic nitrogens is 1. The first-order chi connectivity index (χ1) is 8.81. The number of nitrogens with zero attached hydrogens (tertiary/aromatic N) is 2. The number of thiazole rings is 1. The molecule has 0 spiro atoms. The summed E-state index contributed by atoms with van der Waals surface area (Å²) in [7, 11) is 0. The molecule has 5 heteroatoms. The molecule has 0 saturated carbocycles. The zero-order valence-corrected chi connectivity index (χ0v) is 13.4. The quantitative estimate of drug-likeness (QED) is 0.669. The van der Waals surface area contributed by atoms with Crippen molar-refractivity contribution in [3.63, 3.8) is 0 Å². The number of hydrogen-bond donors (Lipinski definition) is 1. The molecule has 0 bridgehead atoms. The summed E-state index contributed by atoms with van der Waals surface area (Å²) in [6.07, 6.45) is 6.75. The van der Waals surface area contributed by atoms with Crippen molar-refractivity contribution < 1.29 is 0 Å². The van der Waals surface area contributed by atoms with Gasteiger partial charge in [0, 0.05) is 30.7 Å². The number of nitrogens with one attached hydrogen (secondary N) is 1. The highest BCUT2D eigenvalue weighted by molar-refractivity contribution is 7.98. The minimum Gasteiger partial charge on any atom is -0.349 e. The van der Waals surface area contributed by atoms with Gasteiger partial charge in [0.05, 0.1) is 0 Å². The lowest BCUT2D eigenvalue weighted by Crippen LogP contribution is -2.21. The van der Waals surface area contributed by atoms with Crippen molar-refractivity contribution in [2.45, 2.75) is 33.2 Å². The third-order valence-electron chi connectivity index (χ3n) is 2.83. The van der Waals surface area contributed by atoms with Gasteiger partial charge in [-0.25, -0.2) is 4.98 Å². The van der Waals surface area contributed by atoms with E-state index in [0.29, 0.717) is 0 Å². The van der Waals surface area contributed by atoms with Gasteiger partial charge in [-0.1, -0.05) is 0 Å². The largest absolute Gasteiger partial charge is 0.349 e. The SMILES string of the molecule is CCN(CC)c1ncc(CNCCCCSC)s1. The number of rotatable bonds is 10. The van der Waals surface area contributed by atoms with Crippen molar-refractivity contribution >= 4 is 28.2 Å². The lowest BCUT2D eigenvalue weighted by molar-refractivity contribution is 0.648. The third kappa shape index (κ3) is 5.59. The van der Waals surface area contributed by atoms with E-state index in [4.69, 9.17) is 0 Å². The van der Waals surface area contributed by atoms with Gasteiger partial charge in [-0.05, 0) is 45.2 Å². The van der Waals surface area contributed by atoms with Gasteiger partial charge in [-0.15, -0.1) is 11.3 Å². The molecule has 0 aliphatic heterocycles. The van der Waals surface area contributed by atoms with E-state index in [1.165, 1.54) is 23.5 Å². The number of hydrogen-bond acceptors (Lipinski definition) is 5. The summed E-state index contributed by atoms with van der Waals surface area (Å²) in [5.74, 6) is 1.27. The van der Waals surface area contributed by atoms with E-state index < -0.39 is 0 Å². The summed E-state index contributed by atoms with van der Waals surface area (Å²) >= 11 is 3.73. The fraction of sp³-hybridized carbons (Fsp3) is 0.769. The van der Waals surface area contributed by atoms with Gasteiger partial charge >= 0.3 is 0 Å². The Morgan fingerprint density at radius 2 is 2.11 bits per heavy atom. The molecule has 104 valence electrons. The van der Waals surface area contributed by atoms with Crippen molar-refractivity contribution in [2.75, 3.05) is 36.5 Å². The predicted molar refractivity (Wildman–Crippen MR) is 85.0 cm³/mol. The molecule has 18 heavy (non-hydrogen) atoms. The van der Waals surface area contributed by atoms with E-state index in [-0.39, 0.29) is 0 Å². The molecule has 0 unspecified atom stereocenters. The van der Waals surface area contributed by atoms with Crippen molar-refractivity contribution in [1.29, 1.82) is 0 Å². The van der Waals surface area contributed by atoms with Gasteiger partial charge in [0.25, 0.3) is 0 Å². The molecular formula is C13H25N3S2. The second-order valence-electron chi connectivity index (χ2n) is 4.16. The molecule has 0 aliphatic carbocycles. The normalized spacial score (nSPS) is 10.8. The van der Waals surface area contributed by atoms with Crippen LogP contribution in [0.2, 0.25) is 0 Å². The first kappa shape index (κ1) is 15.8. The maximum Gasteiger partial charge on any atom is 0.185 e. The molecule has 1 rings (SSSR count). The van der Waals surface area contributed by atoms with Crippen LogP contribution in [0.1, 0.15) is 31.6 Å². The monoisotopic (exact) mass is 287 g/mol. The first-order valence-corrected chi connectivity index (χ1v) is 8.92. The minimum atomic E-state index is 0.957. The minimum absolute atomic E-state index is 0.957. The fourth-order valence-corrected chi connectivity index (χ4v) is 3.23. The zero-order chi connectivity index (χ0) is 13.2. The standard InChI is InChI=1S/C13H25N3S2/c1-4-16(5-2)13-15-11-12(18-13)10-14-8-6-7-9-17-3/h11,14H,4-10H2,1-3H3. The molecule has 0 aromatic carbocycles. The summed E-state index contributed by atoms with van der Waals surface area (Å²) in [6.45, 7) is 8.48. The summed E-state index contributed by atoms with van der Waals surface area (Å²) < 4.78 is 0. The molecule has 3 nitrogen and oxygen atoms in total. The molecule has 0 amide bonds. The Morgan fingerprint density at radius 1 is 1.33 bits per heavy atom. The van der Waals surface area contributed by atoms with Crippen LogP contribution >= 0.6 is 23.1 Å². The maximum absolute atomic E-state index is 4.49. The second kappa shape index (κ2) is 9.64. The van der Waals surface area contributed by atoms with E-state index in [9.17, 15) is 0 Å². The van der Waals surface area contributed by atoms with Crippen molar-refractivity contribution in [3.8, 4) is 0 Å². The molecule has 0 saturated heterocycles. The summed E-state index contributed by atoms with van der Waals surface area (Å²) in [6, 6.07) is 0. The highest BCUT2D eigenvalue weighted by Gasteiger charge is 2.06.